The number of nitrogens with zero attached hydrogens (tertiary/aromatic N) is 1. The standard InChI is InChI=1S/C17H19FN2O3S/c1-9-19-14(8-24-9)17(22)20-16(11-5-12(21)6-11)10-3-4-15(23-2)13(18)7-10/h3-4,7-8,11-12,16,21H,5-6H2,1-2H3,(H,20,22). The van der Waals surface area contributed by atoms with Gasteiger partial charge in [-0.25, -0.2) is 9.37 Å². The van der Waals surface area contributed by atoms with Gasteiger partial charge in [0.2, 0.25) is 0 Å². The molecule has 0 bridgehead atoms. The third kappa shape index (κ3) is 3.42. The fourth-order valence-corrected chi connectivity index (χ4v) is 3.53. The van der Waals surface area contributed by atoms with Crippen LogP contribution in [0.25, 0.3) is 0 Å². The van der Waals surface area contributed by atoms with Crippen molar-refractivity contribution in [3.8, 4) is 5.75 Å². The molecule has 24 heavy (non-hydrogen) atoms. The van der Waals surface area contributed by atoms with Gasteiger partial charge in [-0.1, -0.05) is 6.07 Å². The molecule has 1 unspecified atom stereocenters. The van der Waals surface area contributed by atoms with Crippen LogP contribution in [0.5, 0.6) is 5.75 Å². The van der Waals surface area contributed by atoms with E-state index in [-0.39, 0.29) is 29.7 Å². The van der Waals surface area contributed by atoms with Crippen LogP contribution < -0.4 is 10.1 Å². The predicted octanol–water partition coefficient (Wildman–Crippen LogP) is 2.84. The predicted molar refractivity (Wildman–Crippen MR) is 88.7 cm³/mol. The van der Waals surface area contributed by atoms with Crippen LogP contribution in [0, 0.1) is 18.7 Å². The first-order valence-electron chi connectivity index (χ1n) is 7.72. The third-order valence-electron chi connectivity index (χ3n) is 4.29. The number of carbonyl (C=O) groups excluding carboxylic acids is 1. The van der Waals surface area contributed by atoms with Gasteiger partial charge in [-0.15, -0.1) is 11.3 Å². The maximum absolute atomic E-state index is 14.0. The van der Waals surface area contributed by atoms with Gasteiger partial charge in [0.1, 0.15) is 5.69 Å². The van der Waals surface area contributed by atoms with Crippen molar-refractivity contribution in [2.24, 2.45) is 5.92 Å². The SMILES string of the molecule is COc1ccc(C(NC(=O)c2csc(C)n2)C2CC(O)C2)cc1F. The average Bonchev–Trinajstić information content (AvgIpc) is 2.96. The molecule has 1 aromatic carbocycles. The van der Waals surface area contributed by atoms with Crippen molar-refractivity contribution >= 4 is 17.2 Å². The Morgan fingerprint density at radius 3 is 2.79 bits per heavy atom. The number of nitrogens with one attached hydrogen (secondary N) is 1. The summed E-state index contributed by atoms with van der Waals surface area (Å²) in [6, 6.07) is 4.29. The van der Waals surface area contributed by atoms with E-state index in [4.69, 9.17) is 4.74 Å². The van der Waals surface area contributed by atoms with Crippen molar-refractivity contribution in [2.75, 3.05) is 7.11 Å². The Kier molecular flexibility index (Phi) is 4.82. The van der Waals surface area contributed by atoms with Crippen molar-refractivity contribution in [3.05, 3.63) is 45.7 Å². The molecule has 1 heterocycles. The molecule has 1 aromatic heterocycles. The van der Waals surface area contributed by atoms with Crippen LogP contribution in [0.4, 0.5) is 4.39 Å². The minimum atomic E-state index is -0.473. The number of hydrogen-bond donors (Lipinski definition) is 2. The zero-order valence-electron chi connectivity index (χ0n) is 13.5. The summed E-state index contributed by atoms with van der Waals surface area (Å²) in [4.78, 5) is 16.6. The number of benzene rings is 1. The van der Waals surface area contributed by atoms with Crippen molar-refractivity contribution in [1.82, 2.24) is 10.3 Å². The second-order valence-electron chi connectivity index (χ2n) is 5.98. The molecule has 0 radical (unpaired) electrons. The average molecular weight is 350 g/mol. The van der Waals surface area contributed by atoms with E-state index in [0.717, 1.165) is 5.01 Å². The Morgan fingerprint density at radius 1 is 1.50 bits per heavy atom. The summed E-state index contributed by atoms with van der Waals surface area (Å²) in [5, 5.41) is 15.0. The Morgan fingerprint density at radius 2 is 2.25 bits per heavy atom. The molecule has 0 aliphatic heterocycles. The number of methoxy groups -OCH3 is 1. The minimum Gasteiger partial charge on any atom is -0.494 e. The maximum atomic E-state index is 14.0. The molecule has 1 aliphatic carbocycles. The normalized spacial score (nSPS) is 21.0. The zero-order valence-corrected chi connectivity index (χ0v) is 14.3. The first kappa shape index (κ1) is 16.9. The van der Waals surface area contributed by atoms with Gasteiger partial charge in [-0.2, -0.15) is 0 Å². The summed E-state index contributed by atoms with van der Waals surface area (Å²) in [6.45, 7) is 1.83. The van der Waals surface area contributed by atoms with E-state index >= 15 is 0 Å². The number of rotatable bonds is 5. The number of amides is 1. The van der Waals surface area contributed by atoms with Gasteiger partial charge in [0.15, 0.2) is 11.6 Å². The van der Waals surface area contributed by atoms with Gasteiger partial charge in [-0.3, -0.25) is 4.79 Å². The largest absolute Gasteiger partial charge is 0.494 e. The molecule has 3 rings (SSSR count). The minimum absolute atomic E-state index is 0.0662. The highest BCUT2D eigenvalue weighted by molar-refractivity contribution is 7.09. The van der Waals surface area contributed by atoms with Crippen LogP contribution in [-0.4, -0.2) is 29.2 Å². The highest BCUT2D eigenvalue weighted by Gasteiger charge is 2.36. The fourth-order valence-electron chi connectivity index (χ4n) is 2.93. The molecule has 5 nitrogen and oxygen atoms in total. The first-order valence-corrected chi connectivity index (χ1v) is 8.60. The van der Waals surface area contributed by atoms with Crippen molar-refractivity contribution in [3.63, 3.8) is 0 Å². The molecule has 1 aliphatic rings. The van der Waals surface area contributed by atoms with E-state index in [1.807, 2.05) is 6.92 Å². The highest BCUT2D eigenvalue weighted by Crippen LogP contribution is 2.39. The number of aliphatic hydroxyl groups is 1. The maximum Gasteiger partial charge on any atom is 0.271 e. The molecular formula is C17H19FN2O3S. The summed E-state index contributed by atoms with van der Waals surface area (Å²) in [5.41, 5.74) is 1.02. The van der Waals surface area contributed by atoms with Crippen LogP contribution in [0.3, 0.4) is 0 Å². The van der Waals surface area contributed by atoms with E-state index in [9.17, 15) is 14.3 Å². The van der Waals surface area contributed by atoms with E-state index in [1.54, 1.807) is 17.5 Å². The molecular weight excluding hydrogens is 331 g/mol. The van der Waals surface area contributed by atoms with E-state index in [1.165, 1.54) is 24.5 Å². The van der Waals surface area contributed by atoms with Crippen LogP contribution in [0.15, 0.2) is 23.6 Å². The summed E-state index contributed by atoms with van der Waals surface area (Å²) in [6.07, 6.45) is 0.794. The quantitative estimate of drug-likeness (QED) is 0.870. The molecule has 1 fully saturated rings. The van der Waals surface area contributed by atoms with Crippen LogP contribution in [0.1, 0.15) is 39.9 Å². The van der Waals surface area contributed by atoms with Crippen molar-refractivity contribution in [1.29, 1.82) is 0 Å². The molecule has 2 aromatic rings. The van der Waals surface area contributed by atoms with Gasteiger partial charge in [0.05, 0.1) is 24.3 Å². The number of carbonyl (C=O) groups is 1. The monoisotopic (exact) mass is 350 g/mol. The lowest BCUT2D eigenvalue weighted by molar-refractivity contribution is 0.0234. The third-order valence-corrected chi connectivity index (χ3v) is 5.07. The number of aryl methyl sites for hydroxylation is 1. The van der Waals surface area contributed by atoms with Gasteiger partial charge >= 0.3 is 0 Å². The summed E-state index contributed by atoms with van der Waals surface area (Å²) >= 11 is 1.40. The van der Waals surface area contributed by atoms with Crippen molar-refractivity contribution < 1.29 is 19.0 Å². The Balaban J connectivity index is 1.83. The summed E-state index contributed by atoms with van der Waals surface area (Å²) in [7, 11) is 1.41. The highest BCUT2D eigenvalue weighted by atomic mass is 32.1. The van der Waals surface area contributed by atoms with Crippen molar-refractivity contribution in [2.45, 2.75) is 31.9 Å². The van der Waals surface area contributed by atoms with Crippen LogP contribution >= 0.6 is 11.3 Å². The number of halogens is 1. The van der Waals surface area contributed by atoms with E-state index in [0.29, 0.717) is 24.1 Å². The molecule has 1 saturated carbocycles. The van der Waals surface area contributed by atoms with Gasteiger partial charge in [0.25, 0.3) is 5.91 Å². The number of ether oxygens (including phenoxy) is 1. The van der Waals surface area contributed by atoms with E-state index in [2.05, 4.69) is 10.3 Å². The molecule has 0 saturated heterocycles. The second-order valence-corrected chi connectivity index (χ2v) is 7.04. The second kappa shape index (κ2) is 6.86. The summed E-state index contributed by atoms with van der Waals surface area (Å²) in [5.74, 6) is -0.537. The van der Waals surface area contributed by atoms with Crippen LogP contribution in [-0.2, 0) is 0 Å². The Bertz CT molecular complexity index is 743. The fraction of sp³-hybridized carbons (Fsp3) is 0.412. The number of thiazole rings is 1. The van der Waals surface area contributed by atoms with Gasteiger partial charge < -0.3 is 15.2 Å². The first-order chi connectivity index (χ1) is 11.5. The Labute approximate surface area is 143 Å². The van der Waals surface area contributed by atoms with Crippen LogP contribution in [0.2, 0.25) is 0 Å². The number of aromatic nitrogens is 1. The number of hydrogen-bond acceptors (Lipinski definition) is 5. The topological polar surface area (TPSA) is 71.5 Å². The smallest absolute Gasteiger partial charge is 0.271 e. The molecule has 1 amide bonds. The summed E-state index contributed by atoms with van der Waals surface area (Å²) < 4.78 is 19.0. The van der Waals surface area contributed by atoms with E-state index < -0.39 is 5.82 Å². The lowest BCUT2D eigenvalue weighted by atomic mass is 9.75. The molecule has 0 spiro atoms. The molecule has 1 atom stereocenters. The Hall–Kier alpha value is -1.99. The molecule has 128 valence electrons. The number of aliphatic hydroxyl groups excluding tert-OH is 1. The molecule has 7 heteroatoms. The van der Waals surface area contributed by atoms with Gasteiger partial charge in [0, 0.05) is 5.38 Å². The van der Waals surface area contributed by atoms with Gasteiger partial charge in [-0.05, 0) is 43.4 Å². The lowest BCUT2D eigenvalue weighted by Gasteiger charge is -2.38. The lowest BCUT2D eigenvalue weighted by Crippen LogP contribution is -2.41. The molecule has 2 N–H and O–H groups in total. The zero-order chi connectivity index (χ0) is 17.3.